The van der Waals surface area contributed by atoms with E-state index in [0.717, 1.165) is 31.2 Å². The molecule has 26 heavy (non-hydrogen) atoms. The third kappa shape index (κ3) is 6.89. The number of nitrogens with one attached hydrogen (secondary N) is 3. The van der Waals surface area contributed by atoms with Crippen LogP contribution < -0.4 is 16.0 Å². The molecule has 140 valence electrons. The first kappa shape index (κ1) is 20.0. The first-order valence-corrected chi connectivity index (χ1v) is 10.2. The largest absolute Gasteiger partial charge is 0.344 e. The molecule has 0 saturated heterocycles. The normalized spacial score (nSPS) is 15.5. The molecule has 0 spiro atoms. The molecule has 1 saturated carbocycles. The second-order valence-electron chi connectivity index (χ2n) is 6.27. The summed E-state index contributed by atoms with van der Waals surface area (Å²) in [5, 5.41) is 7.88. The summed E-state index contributed by atoms with van der Waals surface area (Å²) in [6, 6.07) is 6.83. The van der Waals surface area contributed by atoms with Crippen molar-refractivity contribution in [1.82, 2.24) is 10.6 Å². The van der Waals surface area contributed by atoms with E-state index in [2.05, 4.69) is 21.9 Å². The van der Waals surface area contributed by atoms with Gasteiger partial charge in [0.05, 0.1) is 13.1 Å². The Balaban J connectivity index is 1.82. The van der Waals surface area contributed by atoms with Gasteiger partial charge in [0.2, 0.25) is 5.91 Å². The number of rotatable bonds is 7. The van der Waals surface area contributed by atoms with Gasteiger partial charge in [0.25, 0.3) is 0 Å². The minimum Gasteiger partial charge on any atom is -0.344 e. The Morgan fingerprint density at radius 1 is 1.19 bits per heavy atom. The highest BCUT2D eigenvalue weighted by atomic mass is 32.2. The van der Waals surface area contributed by atoms with E-state index in [4.69, 9.17) is 6.42 Å². The summed E-state index contributed by atoms with van der Waals surface area (Å²) in [5.41, 5.74) is 1.53. The van der Waals surface area contributed by atoms with Crippen LogP contribution in [-0.4, -0.2) is 34.5 Å². The molecular formula is C19H25N3O3S. The van der Waals surface area contributed by atoms with Crippen LogP contribution in [0.5, 0.6) is 0 Å². The second kappa shape index (κ2) is 10.6. The maximum Gasteiger partial charge on any atom is 0.319 e. The van der Waals surface area contributed by atoms with E-state index >= 15 is 0 Å². The lowest BCUT2D eigenvalue weighted by Gasteiger charge is -2.21. The second-order valence-corrected chi connectivity index (χ2v) is 7.99. The zero-order chi connectivity index (χ0) is 18.8. The molecule has 0 unspecified atom stereocenters. The number of amides is 3. The quantitative estimate of drug-likeness (QED) is 0.638. The van der Waals surface area contributed by atoms with Gasteiger partial charge in [0.1, 0.15) is 0 Å². The molecule has 6 nitrogen and oxygen atoms in total. The lowest BCUT2D eigenvalue weighted by molar-refractivity contribution is -0.119. The number of anilines is 1. The molecule has 1 aliphatic carbocycles. The van der Waals surface area contributed by atoms with Crippen molar-refractivity contribution in [3.63, 3.8) is 0 Å². The monoisotopic (exact) mass is 375 g/mol. The van der Waals surface area contributed by atoms with E-state index in [-0.39, 0.29) is 24.2 Å². The zero-order valence-corrected chi connectivity index (χ0v) is 15.6. The number of terminal acetylenes is 1. The van der Waals surface area contributed by atoms with E-state index in [9.17, 15) is 13.8 Å². The van der Waals surface area contributed by atoms with Crippen molar-refractivity contribution in [1.29, 1.82) is 0 Å². The van der Waals surface area contributed by atoms with Crippen molar-refractivity contribution in [3.05, 3.63) is 29.8 Å². The molecule has 3 N–H and O–H groups in total. The van der Waals surface area contributed by atoms with Gasteiger partial charge in [0.15, 0.2) is 0 Å². The Morgan fingerprint density at radius 3 is 2.69 bits per heavy atom. The van der Waals surface area contributed by atoms with E-state index in [1.807, 2.05) is 18.2 Å². The van der Waals surface area contributed by atoms with Crippen LogP contribution in [0.3, 0.4) is 0 Å². The van der Waals surface area contributed by atoms with Crippen LogP contribution in [0.2, 0.25) is 0 Å². The Hall–Kier alpha value is -2.33. The highest BCUT2D eigenvalue weighted by molar-refractivity contribution is 7.84. The highest BCUT2D eigenvalue weighted by Crippen LogP contribution is 2.24. The van der Waals surface area contributed by atoms with Crippen LogP contribution in [0.15, 0.2) is 24.3 Å². The van der Waals surface area contributed by atoms with Gasteiger partial charge in [-0.05, 0) is 30.5 Å². The van der Waals surface area contributed by atoms with Gasteiger partial charge >= 0.3 is 6.03 Å². The van der Waals surface area contributed by atoms with Crippen molar-refractivity contribution >= 4 is 28.4 Å². The Kier molecular flexibility index (Phi) is 8.16. The van der Waals surface area contributed by atoms with Crippen LogP contribution in [0.1, 0.15) is 37.7 Å². The van der Waals surface area contributed by atoms with Crippen molar-refractivity contribution in [3.8, 4) is 12.3 Å². The maximum absolute atomic E-state index is 12.5. The molecule has 0 heterocycles. The lowest BCUT2D eigenvalue weighted by Crippen LogP contribution is -2.39. The molecule has 0 radical (unpaired) electrons. The van der Waals surface area contributed by atoms with Gasteiger partial charge in [-0.3, -0.25) is 9.00 Å². The summed E-state index contributed by atoms with van der Waals surface area (Å²) in [7, 11) is -0.889. The Labute approximate surface area is 157 Å². The van der Waals surface area contributed by atoms with Crippen molar-refractivity contribution in [2.75, 3.05) is 18.4 Å². The highest BCUT2D eigenvalue weighted by Gasteiger charge is 2.19. The predicted molar refractivity (Wildman–Crippen MR) is 104 cm³/mol. The van der Waals surface area contributed by atoms with E-state index < -0.39 is 16.8 Å². The summed E-state index contributed by atoms with van der Waals surface area (Å²) in [6.07, 6.45) is 10.7. The average molecular weight is 375 g/mol. The van der Waals surface area contributed by atoms with E-state index in [0.29, 0.717) is 11.4 Å². The number of urea groups is 1. The number of benzene rings is 1. The molecule has 1 aromatic rings. The Bertz CT molecular complexity index is 694. The fourth-order valence-corrected chi connectivity index (χ4v) is 4.50. The first-order valence-electron chi connectivity index (χ1n) is 8.79. The summed E-state index contributed by atoms with van der Waals surface area (Å²) < 4.78 is 12.5. The third-order valence-electron chi connectivity index (χ3n) is 4.21. The summed E-state index contributed by atoms with van der Waals surface area (Å²) in [5.74, 6) is 2.43. The summed E-state index contributed by atoms with van der Waals surface area (Å²) in [4.78, 5) is 23.3. The van der Waals surface area contributed by atoms with E-state index in [1.54, 1.807) is 6.07 Å². The molecule has 0 bridgehead atoms. The predicted octanol–water partition coefficient (Wildman–Crippen LogP) is 2.14. The van der Waals surface area contributed by atoms with E-state index in [1.165, 1.54) is 6.42 Å². The fraction of sp³-hybridized carbons (Fsp3) is 0.474. The minimum absolute atomic E-state index is 0.127. The molecule has 0 aliphatic heterocycles. The zero-order valence-electron chi connectivity index (χ0n) is 14.8. The van der Waals surface area contributed by atoms with Gasteiger partial charge in [-0.25, -0.2) is 4.79 Å². The topological polar surface area (TPSA) is 87.3 Å². The van der Waals surface area contributed by atoms with Crippen LogP contribution in [0, 0.1) is 12.3 Å². The van der Waals surface area contributed by atoms with Gasteiger partial charge < -0.3 is 16.0 Å². The molecular weight excluding hydrogens is 350 g/mol. The van der Waals surface area contributed by atoms with Crippen LogP contribution >= 0.6 is 0 Å². The molecule has 1 aliphatic rings. The number of hydrogen-bond acceptors (Lipinski definition) is 3. The van der Waals surface area contributed by atoms with Crippen LogP contribution in [0.4, 0.5) is 10.5 Å². The number of carbonyl (C=O) groups excluding carboxylic acids is 2. The maximum atomic E-state index is 12.5. The SMILES string of the molecule is C#CCNC(=O)CNC(=O)Nc1cccc(C[S@](=O)C2CCCCC2)c1. The summed E-state index contributed by atoms with van der Waals surface area (Å²) in [6.45, 7) is -0.0266. The molecule has 1 fully saturated rings. The van der Waals surface area contributed by atoms with Crippen LogP contribution in [0.25, 0.3) is 0 Å². The molecule has 3 amide bonds. The van der Waals surface area contributed by atoms with Gasteiger partial charge in [-0.15, -0.1) is 6.42 Å². The van der Waals surface area contributed by atoms with Gasteiger partial charge in [-0.1, -0.05) is 37.3 Å². The molecule has 0 aromatic heterocycles. The van der Waals surface area contributed by atoms with Crippen molar-refractivity contribution < 1.29 is 13.8 Å². The molecule has 2 rings (SSSR count). The Morgan fingerprint density at radius 2 is 1.96 bits per heavy atom. The first-order chi connectivity index (χ1) is 12.6. The number of hydrogen-bond donors (Lipinski definition) is 3. The van der Waals surface area contributed by atoms with Crippen molar-refractivity contribution in [2.24, 2.45) is 0 Å². The third-order valence-corrected chi connectivity index (χ3v) is 6.05. The fourth-order valence-electron chi connectivity index (χ4n) is 2.90. The van der Waals surface area contributed by atoms with Crippen LogP contribution in [-0.2, 0) is 21.3 Å². The number of carbonyl (C=O) groups is 2. The molecule has 7 heteroatoms. The average Bonchev–Trinajstić information content (AvgIpc) is 2.65. The standard InChI is InChI=1S/C19H25N3O3S/c1-2-11-20-18(23)13-21-19(24)22-16-8-6-7-15(12-16)14-26(25)17-9-4-3-5-10-17/h1,6-8,12,17H,3-5,9-11,13-14H2,(H,20,23)(H2,21,22,24)/t26-/m0/s1. The molecule has 1 aromatic carbocycles. The smallest absolute Gasteiger partial charge is 0.319 e. The van der Waals surface area contributed by atoms with Gasteiger partial charge in [-0.2, -0.15) is 0 Å². The molecule has 1 atom stereocenters. The van der Waals surface area contributed by atoms with Crippen molar-refractivity contribution in [2.45, 2.75) is 43.1 Å². The van der Waals surface area contributed by atoms with Gasteiger partial charge in [0, 0.05) is 27.5 Å². The summed E-state index contributed by atoms with van der Waals surface area (Å²) >= 11 is 0. The lowest BCUT2D eigenvalue weighted by atomic mass is 10.0. The minimum atomic E-state index is -0.889.